The number of aliphatic hydroxyl groups excluding tert-OH is 11. The van der Waals surface area contributed by atoms with E-state index < -0.39 is 197 Å². The van der Waals surface area contributed by atoms with Crippen molar-refractivity contribution in [1.82, 2.24) is 0 Å². The zero-order valence-electron chi connectivity index (χ0n) is 32.8. The molecule has 4 fully saturated rings. The van der Waals surface area contributed by atoms with Crippen LogP contribution in [-0.4, -0.2) is 263 Å². The average molecular weight is 1020 g/mol. The lowest BCUT2D eigenvalue weighted by Gasteiger charge is -2.51. The number of aliphatic carboxylic acids is 1. The van der Waals surface area contributed by atoms with E-state index in [1.807, 2.05) is 0 Å². The van der Waals surface area contributed by atoms with Crippen molar-refractivity contribution in [2.75, 3.05) is 26.4 Å². The summed E-state index contributed by atoms with van der Waals surface area (Å²) < 4.78 is 89.5. The number of nitrogens with two attached hydrogens (primary N) is 1. The second-order valence-corrected chi connectivity index (χ2v) is 18.5. The van der Waals surface area contributed by atoms with Gasteiger partial charge in [0.15, 0.2) is 18.9 Å². The zero-order chi connectivity index (χ0) is 49.3. The minimum absolute atomic E-state index is 0.984. The summed E-state index contributed by atoms with van der Waals surface area (Å²) in [6, 6.07) is -1.77. The lowest BCUT2D eigenvalue weighted by atomic mass is 9.91. The van der Waals surface area contributed by atoms with E-state index in [1.54, 1.807) is 0 Å². The normalized spacial score (nSPS) is 42.6. The maximum absolute atomic E-state index is 12.6. The molecule has 65 heavy (non-hydrogen) atoms. The molecule has 0 aromatic carbocycles. The lowest BCUT2D eigenvalue weighted by molar-refractivity contribution is -0.389. The van der Waals surface area contributed by atoms with Gasteiger partial charge in [-0.1, -0.05) is 0 Å². The molecule has 22 atom stereocenters. The fourth-order valence-electron chi connectivity index (χ4n) is 7.23. The maximum Gasteiger partial charge on any atom is 0.470 e. The number of carboxylic acid groups (broad SMARTS) is 1. The van der Waals surface area contributed by atoms with Crippen LogP contribution >= 0.6 is 23.5 Å². The third-order valence-corrected chi connectivity index (χ3v) is 11.8. The molecule has 382 valence electrons. The van der Waals surface area contributed by atoms with E-state index in [1.165, 1.54) is 0 Å². The molecule has 0 unspecified atom stereocenters. The zero-order valence-corrected chi connectivity index (χ0v) is 35.5. The minimum Gasteiger partial charge on any atom is -0.477 e. The summed E-state index contributed by atoms with van der Waals surface area (Å²) in [4.78, 5) is 71.3. The molecule has 4 heterocycles. The molecular formula is C28H52NO33P3. The third kappa shape index (κ3) is 13.9. The van der Waals surface area contributed by atoms with Crippen LogP contribution in [0.1, 0.15) is 6.42 Å². The van der Waals surface area contributed by atoms with E-state index >= 15 is 0 Å². The molecule has 0 radical (unpaired) electrons. The minimum atomic E-state index is -6.12. The maximum atomic E-state index is 12.6. The van der Waals surface area contributed by atoms with Crippen molar-refractivity contribution in [1.29, 1.82) is 0 Å². The summed E-state index contributed by atoms with van der Waals surface area (Å²) in [5, 5.41) is 135. The summed E-state index contributed by atoms with van der Waals surface area (Å²) in [6.45, 7) is -5.26. The molecule has 4 aliphatic rings. The molecule has 37 heteroatoms. The molecule has 0 aromatic rings. The standard InChI is InChI=1S/C28H52NO33P3/c29-11-13(38)12(37)9(4-32)53-24(11)57-20-14(39)16(7(35)2-30)54-25(15(20)40)58-21-22(61-64(47,48)49)19(10(5-33)60-63(44,45)46)56-26(23(21)62-65(50,51)52)55-17-6(34)1-28(43,27(41)42)59-18(17)8(36)3-31/h6-26,30-40,43H,1-5,29H2,(H,41,42)(H2,44,45,46)(H2,47,48,49)(H2,50,51,52)/t6-,7+,8-,9-,10+,11-,12+,13-,14-,15+,16-,17-,18-,19-,20+,21+,22-,23+,24-,25-,26+,28-/m1/s1. The monoisotopic (exact) mass is 1020 g/mol. The van der Waals surface area contributed by atoms with Crippen molar-refractivity contribution in [2.45, 2.75) is 141 Å². The van der Waals surface area contributed by atoms with Gasteiger partial charge < -0.3 is 135 Å². The molecule has 21 N–H and O–H groups in total. The second kappa shape index (κ2) is 22.4. The first kappa shape index (κ1) is 56.6. The van der Waals surface area contributed by atoms with E-state index in [0.717, 1.165) is 0 Å². The molecule has 0 bridgehead atoms. The number of carbonyl (C=O) groups is 1. The van der Waals surface area contributed by atoms with Gasteiger partial charge in [0.2, 0.25) is 0 Å². The smallest absolute Gasteiger partial charge is 0.470 e. The Balaban J connectivity index is 1.92. The fourth-order valence-corrected chi connectivity index (χ4v) is 8.87. The van der Waals surface area contributed by atoms with E-state index in [-0.39, 0.29) is 0 Å². The number of rotatable bonds is 20. The van der Waals surface area contributed by atoms with Crippen molar-refractivity contribution in [3.8, 4) is 0 Å². The number of hydrogen-bond acceptors (Lipinski definition) is 27. The van der Waals surface area contributed by atoms with Crippen molar-refractivity contribution >= 4 is 29.4 Å². The Morgan fingerprint density at radius 2 is 1.15 bits per heavy atom. The molecule has 0 aromatic heterocycles. The first-order valence-corrected chi connectivity index (χ1v) is 23.2. The van der Waals surface area contributed by atoms with E-state index in [9.17, 15) is 114 Å². The number of aliphatic hydroxyl groups is 12. The van der Waals surface area contributed by atoms with Gasteiger partial charge in [0.1, 0.15) is 97.7 Å². The Labute approximate surface area is 363 Å². The average Bonchev–Trinajstić information content (AvgIpc) is 3.20. The molecule has 34 nitrogen and oxygen atoms in total. The van der Waals surface area contributed by atoms with Gasteiger partial charge in [0.25, 0.3) is 5.79 Å². The second-order valence-electron chi connectivity index (χ2n) is 14.9. The highest BCUT2D eigenvalue weighted by Crippen LogP contribution is 2.50. The van der Waals surface area contributed by atoms with Gasteiger partial charge in [0.05, 0.1) is 38.6 Å². The van der Waals surface area contributed by atoms with Crippen LogP contribution in [0.5, 0.6) is 0 Å². The topological polar surface area (TPSA) is 571 Å². The highest BCUT2D eigenvalue weighted by molar-refractivity contribution is 7.46. The SMILES string of the molecule is N[C@H]1[C@@H](O[C@@H]2[C@H](O)[C@@H](O[C@H]3[C@H](OP(=O)(O)O)[C@@H]([C@H](CO)OP(=O)(O)O)O[C@H](O[C@H]4[C@@H]([C@H](O)CO)O[C@@](O)(C(=O)O)C[C@H]4O)[C@H]3OP(=O)(O)O)O[C@H]([C@@H](O)CO)[C@H]2O)O[C@H](CO)[C@H](O)[C@@H]1O. The number of phosphoric ester groups is 3. The fraction of sp³-hybridized carbons (Fsp3) is 0.964. The van der Waals surface area contributed by atoms with Crippen LogP contribution in [0, 0.1) is 0 Å². The Morgan fingerprint density at radius 1 is 0.631 bits per heavy atom. The van der Waals surface area contributed by atoms with Crippen LogP contribution in [0.4, 0.5) is 0 Å². The summed E-state index contributed by atoms with van der Waals surface area (Å²) in [7, 11) is -18.1. The van der Waals surface area contributed by atoms with Crippen LogP contribution in [-0.2, 0) is 65.2 Å². The number of hydrogen-bond donors (Lipinski definition) is 20. The first-order chi connectivity index (χ1) is 29.9. The van der Waals surface area contributed by atoms with Crippen molar-refractivity contribution in [2.24, 2.45) is 5.73 Å². The van der Waals surface area contributed by atoms with Gasteiger partial charge in [-0.05, 0) is 0 Å². The van der Waals surface area contributed by atoms with Crippen LogP contribution in [0.2, 0.25) is 0 Å². The van der Waals surface area contributed by atoms with Gasteiger partial charge in [-0.25, -0.2) is 18.5 Å². The third-order valence-electron chi connectivity index (χ3n) is 10.2. The van der Waals surface area contributed by atoms with Crippen LogP contribution in [0.25, 0.3) is 0 Å². The van der Waals surface area contributed by atoms with Crippen molar-refractivity contribution < 1.29 is 161 Å². The summed E-state index contributed by atoms with van der Waals surface area (Å²) in [6.07, 6.45) is -49.5. The van der Waals surface area contributed by atoms with Gasteiger partial charge in [0, 0.05) is 6.42 Å². The largest absolute Gasteiger partial charge is 0.477 e. The highest BCUT2D eigenvalue weighted by Gasteiger charge is 2.61. The molecule has 4 aliphatic heterocycles. The lowest BCUT2D eigenvalue weighted by Crippen LogP contribution is -2.70. The quantitative estimate of drug-likeness (QED) is 0.0504. The summed E-state index contributed by atoms with van der Waals surface area (Å²) in [5.41, 5.74) is 5.91. The van der Waals surface area contributed by atoms with Crippen LogP contribution in [0.15, 0.2) is 0 Å². The molecular weight excluding hydrogens is 971 g/mol. The number of carboxylic acids is 1. The summed E-state index contributed by atoms with van der Waals surface area (Å²) in [5.74, 6) is -5.52. The predicted molar refractivity (Wildman–Crippen MR) is 192 cm³/mol. The van der Waals surface area contributed by atoms with Gasteiger partial charge >= 0.3 is 29.4 Å². The van der Waals surface area contributed by atoms with Crippen molar-refractivity contribution in [3.63, 3.8) is 0 Å². The Hall–Kier alpha value is -1.00. The van der Waals surface area contributed by atoms with Crippen LogP contribution in [0.3, 0.4) is 0 Å². The Kier molecular flexibility index (Phi) is 19.5. The summed E-state index contributed by atoms with van der Waals surface area (Å²) >= 11 is 0. The van der Waals surface area contributed by atoms with E-state index in [0.29, 0.717) is 0 Å². The van der Waals surface area contributed by atoms with E-state index in [2.05, 4.69) is 4.52 Å². The Morgan fingerprint density at radius 3 is 1.66 bits per heavy atom. The van der Waals surface area contributed by atoms with Gasteiger partial charge in [-0.2, -0.15) is 0 Å². The number of phosphoric acid groups is 3. The molecule has 4 rings (SSSR count). The molecule has 0 amide bonds. The molecule has 0 saturated carbocycles. The number of ether oxygens (including phenoxy) is 7. The van der Waals surface area contributed by atoms with Crippen LogP contribution < -0.4 is 5.73 Å². The molecule has 0 spiro atoms. The van der Waals surface area contributed by atoms with Gasteiger partial charge in [-0.3, -0.25) is 13.6 Å². The van der Waals surface area contributed by atoms with Crippen molar-refractivity contribution in [3.05, 3.63) is 0 Å². The van der Waals surface area contributed by atoms with E-state index in [4.69, 9.17) is 47.9 Å². The predicted octanol–water partition coefficient (Wildman–Crippen LogP) is -10.9. The molecule has 4 saturated heterocycles. The Bertz CT molecular complexity index is 1700. The highest BCUT2D eigenvalue weighted by atomic mass is 31.2. The molecule has 0 aliphatic carbocycles. The van der Waals surface area contributed by atoms with Gasteiger partial charge in [-0.15, -0.1) is 0 Å². The first-order valence-electron chi connectivity index (χ1n) is 18.6.